The average Bonchev–Trinajstić information content (AvgIpc) is 2.30. The predicted molar refractivity (Wildman–Crippen MR) is 77.0 cm³/mol. The maximum atomic E-state index is 10.4. The van der Waals surface area contributed by atoms with Crippen LogP contribution in [0.2, 0.25) is 0 Å². The van der Waals surface area contributed by atoms with Crippen LogP contribution in [0.25, 0.3) is 0 Å². The molecule has 1 N–H and O–H groups in total. The third kappa shape index (κ3) is 19.5. The molecule has 116 valence electrons. The normalized spacial score (nSPS) is 12.9. The Morgan fingerprint density at radius 2 is 1.35 bits per heavy atom. The van der Waals surface area contributed by atoms with E-state index in [4.69, 9.17) is 0 Å². The van der Waals surface area contributed by atoms with Crippen molar-refractivity contribution < 1.29 is 69.5 Å². The molecule has 20 heavy (non-hydrogen) atoms. The van der Waals surface area contributed by atoms with Gasteiger partial charge in [-0.15, -0.1) is 0 Å². The first-order valence-corrected chi connectivity index (χ1v) is 9.15. The SMILES string of the molecule is CCCC(O)CCCCCCCCCCS(=O)(=O)[O-].[K+]. The molecule has 0 aliphatic heterocycles. The van der Waals surface area contributed by atoms with Crippen LogP contribution in [0.4, 0.5) is 0 Å². The molecule has 0 aliphatic rings. The molecule has 0 aliphatic carbocycles. The molecule has 0 bridgehead atoms. The molecule has 0 radical (unpaired) electrons. The van der Waals surface area contributed by atoms with Gasteiger partial charge >= 0.3 is 51.4 Å². The standard InChI is InChI=1S/C14H30O4S.K/c1-2-11-14(15)12-9-7-5-3-4-6-8-10-13-19(16,17)18;/h14-15H,2-13H2,1H3,(H,16,17,18);/q;+1/p-1. The fraction of sp³-hybridized carbons (Fsp3) is 1.00. The Morgan fingerprint density at radius 1 is 0.900 bits per heavy atom. The van der Waals surface area contributed by atoms with Crippen LogP contribution in [-0.2, 0) is 10.1 Å². The van der Waals surface area contributed by atoms with E-state index in [2.05, 4.69) is 6.92 Å². The maximum Gasteiger partial charge on any atom is 1.00 e. The van der Waals surface area contributed by atoms with E-state index in [-0.39, 0.29) is 63.2 Å². The van der Waals surface area contributed by atoms with Gasteiger partial charge in [-0.3, -0.25) is 0 Å². The van der Waals surface area contributed by atoms with E-state index in [0.717, 1.165) is 57.8 Å². The summed E-state index contributed by atoms with van der Waals surface area (Å²) in [6, 6.07) is 0. The third-order valence-corrected chi connectivity index (χ3v) is 4.09. The molecule has 0 aromatic carbocycles. The molecular formula is C14H29KO4S. The summed E-state index contributed by atoms with van der Waals surface area (Å²) >= 11 is 0. The van der Waals surface area contributed by atoms with Gasteiger partial charge in [0, 0.05) is 5.75 Å². The Hall–Kier alpha value is 1.51. The third-order valence-electron chi connectivity index (χ3n) is 3.30. The molecule has 0 rings (SSSR count). The van der Waals surface area contributed by atoms with Crippen LogP contribution < -0.4 is 51.4 Å². The number of aliphatic hydroxyl groups is 1. The second kappa shape index (κ2) is 15.4. The summed E-state index contributed by atoms with van der Waals surface area (Å²) in [6.45, 7) is 2.08. The Bertz CT molecular complexity index is 294. The van der Waals surface area contributed by atoms with Crippen molar-refractivity contribution in [2.75, 3.05) is 5.75 Å². The smallest absolute Gasteiger partial charge is 0.748 e. The monoisotopic (exact) mass is 332 g/mol. The molecule has 0 aromatic heterocycles. The number of hydrogen-bond donors (Lipinski definition) is 1. The van der Waals surface area contributed by atoms with E-state index in [1.165, 1.54) is 6.42 Å². The summed E-state index contributed by atoms with van der Waals surface area (Å²) in [6.07, 6.45) is 10.8. The first-order valence-electron chi connectivity index (χ1n) is 7.57. The fourth-order valence-corrected chi connectivity index (χ4v) is 2.75. The summed E-state index contributed by atoms with van der Waals surface area (Å²) in [7, 11) is -4.02. The van der Waals surface area contributed by atoms with Crippen LogP contribution in [0.3, 0.4) is 0 Å². The van der Waals surface area contributed by atoms with Crippen LogP contribution >= 0.6 is 0 Å². The van der Waals surface area contributed by atoms with E-state index in [1.807, 2.05) is 0 Å². The van der Waals surface area contributed by atoms with E-state index in [1.54, 1.807) is 0 Å². The second-order valence-electron chi connectivity index (χ2n) is 5.32. The number of unbranched alkanes of at least 4 members (excludes halogenated alkanes) is 7. The Morgan fingerprint density at radius 3 is 1.80 bits per heavy atom. The summed E-state index contributed by atoms with van der Waals surface area (Å²) in [5.41, 5.74) is 0. The Balaban J connectivity index is 0. The summed E-state index contributed by atoms with van der Waals surface area (Å²) < 4.78 is 31.1. The summed E-state index contributed by atoms with van der Waals surface area (Å²) in [5, 5.41) is 9.54. The molecule has 0 saturated heterocycles. The second-order valence-corrected chi connectivity index (χ2v) is 6.85. The van der Waals surface area contributed by atoms with Gasteiger partial charge in [0.2, 0.25) is 0 Å². The van der Waals surface area contributed by atoms with Gasteiger partial charge in [0.05, 0.1) is 16.2 Å². The minimum atomic E-state index is -4.02. The molecule has 1 unspecified atom stereocenters. The molecule has 0 fully saturated rings. The van der Waals surface area contributed by atoms with Gasteiger partial charge in [-0.2, -0.15) is 0 Å². The van der Waals surface area contributed by atoms with E-state index in [0.29, 0.717) is 6.42 Å². The van der Waals surface area contributed by atoms with Gasteiger partial charge in [0.25, 0.3) is 0 Å². The van der Waals surface area contributed by atoms with E-state index in [9.17, 15) is 18.1 Å². The zero-order chi connectivity index (χ0) is 14.6. The number of aliphatic hydroxyl groups excluding tert-OH is 1. The van der Waals surface area contributed by atoms with Crippen molar-refractivity contribution in [2.24, 2.45) is 0 Å². The molecule has 6 heteroatoms. The van der Waals surface area contributed by atoms with Gasteiger partial charge in [0.1, 0.15) is 0 Å². The van der Waals surface area contributed by atoms with Crippen LogP contribution in [-0.4, -0.2) is 29.9 Å². The maximum absolute atomic E-state index is 10.4. The minimum absolute atomic E-state index is 0. The fourth-order valence-electron chi connectivity index (χ4n) is 2.20. The number of rotatable bonds is 13. The molecule has 4 nitrogen and oxygen atoms in total. The van der Waals surface area contributed by atoms with Gasteiger partial charge in [-0.05, 0) is 19.3 Å². The first-order chi connectivity index (χ1) is 8.95. The van der Waals surface area contributed by atoms with Gasteiger partial charge in [0.15, 0.2) is 0 Å². The Labute approximate surface area is 167 Å². The van der Waals surface area contributed by atoms with Crippen LogP contribution in [0.1, 0.15) is 77.6 Å². The summed E-state index contributed by atoms with van der Waals surface area (Å²) in [5.74, 6) is -0.220. The van der Waals surface area contributed by atoms with Gasteiger partial charge in [-0.25, -0.2) is 8.42 Å². The van der Waals surface area contributed by atoms with Crippen molar-refractivity contribution in [2.45, 2.75) is 83.7 Å². The molecule has 0 amide bonds. The largest absolute Gasteiger partial charge is 1.00 e. The molecule has 1 atom stereocenters. The molecular weight excluding hydrogens is 303 g/mol. The summed E-state index contributed by atoms with van der Waals surface area (Å²) in [4.78, 5) is 0. The zero-order valence-corrected chi connectivity index (χ0v) is 17.1. The molecule has 0 saturated carbocycles. The topological polar surface area (TPSA) is 77.4 Å². The number of hydrogen-bond acceptors (Lipinski definition) is 4. The van der Waals surface area contributed by atoms with Crippen LogP contribution in [0.5, 0.6) is 0 Å². The van der Waals surface area contributed by atoms with Crippen LogP contribution in [0, 0.1) is 0 Å². The van der Waals surface area contributed by atoms with Gasteiger partial charge in [-0.1, -0.05) is 58.3 Å². The van der Waals surface area contributed by atoms with E-state index < -0.39 is 10.1 Å². The van der Waals surface area contributed by atoms with Crippen molar-refractivity contribution in [1.82, 2.24) is 0 Å². The van der Waals surface area contributed by atoms with Crippen molar-refractivity contribution in [3.8, 4) is 0 Å². The minimum Gasteiger partial charge on any atom is -0.748 e. The predicted octanol–water partition coefficient (Wildman–Crippen LogP) is 0.208. The van der Waals surface area contributed by atoms with Crippen molar-refractivity contribution in [1.29, 1.82) is 0 Å². The van der Waals surface area contributed by atoms with Crippen molar-refractivity contribution >= 4 is 10.1 Å². The van der Waals surface area contributed by atoms with E-state index >= 15 is 0 Å². The van der Waals surface area contributed by atoms with Crippen molar-refractivity contribution in [3.63, 3.8) is 0 Å². The average molecular weight is 333 g/mol. The molecule has 0 heterocycles. The van der Waals surface area contributed by atoms with Gasteiger partial charge < -0.3 is 9.66 Å². The first kappa shape index (κ1) is 23.8. The van der Waals surface area contributed by atoms with Crippen molar-refractivity contribution in [3.05, 3.63) is 0 Å². The molecule has 0 aromatic rings. The van der Waals surface area contributed by atoms with Crippen LogP contribution in [0.15, 0.2) is 0 Å². The zero-order valence-electron chi connectivity index (χ0n) is 13.1. The quantitative estimate of drug-likeness (QED) is 0.297. The molecule has 0 spiro atoms. The Kier molecular flexibility index (Phi) is 18.3.